The highest BCUT2D eigenvalue weighted by atomic mass is 32.2. The molecule has 0 bridgehead atoms. The van der Waals surface area contributed by atoms with Crippen LogP contribution in [0.3, 0.4) is 0 Å². The van der Waals surface area contributed by atoms with E-state index < -0.39 is 9.84 Å². The van der Waals surface area contributed by atoms with Gasteiger partial charge in [0.05, 0.1) is 11.5 Å². The molecule has 0 aromatic heterocycles. The predicted octanol–water partition coefficient (Wildman–Crippen LogP) is 0.885. The summed E-state index contributed by atoms with van der Waals surface area (Å²) in [6, 6.07) is 0.744. The second-order valence-electron chi connectivity index (χ2n) is 6.60. The molecule has 5 heteroatoms. The van der Waals surface area contributed by atoms with E-state index >= 15 is 0 Å². The first kappa shape index (κ1) is 14.3. The number of nitrogens with zero attached hydrogens (tertiary/aromatic N) is 1. The van der Waals surface area contributed by atoms with Crippen molar-refractivity contribution >= 4 is 9.84 Å². The third-order valence-electron chi connectivity index (χ3n) is 3.75. The molecule has 1 aliphatic heterocycles. The fourth-order valence-corrected chi connectivity index (χ4v) is 3.83. The molecule has 0 aromatic rings. The van der Waals surface area contributed by atoms with Gasteiger partial charge in [-0.2, -0.15) is 0 Å². The molecule has 1 saturated heterocycles. The van der Waals surface area contributed by atoms with Crippen LogP contribution < -0.4 is 5.32 Å². The summed E-state index contributed by atoms with van der Waals surface area (Å²) in [6.45, 7) is 8.17. The maximum Gasteiger partial charge on any atom is 0.151 e. The van der Waals surface area contributed by atoms with E-state index in [4.69, 9.17) is 0 Å². The molecule has 2 aliphatic rings. The van der Waals surface area contributed by atoms with Crippen molar-refractivity contribution in [3.05, 3.63) is 0 Å². The second-order valence-corrected chi connectivity index (χ2v) is 8.90. The SMILES string of the molecule is CC(C)(CNC1CC1)CN1CCCS(=O)(=O)CC1. The summed E-state index contributed by atoms with van der Waals surface area (Å²) in [5, 5.41) is 3.57. The Labute approximate surface area is 111 Å². The first-order chi connectivity index (χ1) is 8.36. The number of hydrogen-bond donors (Lipinski definition) is 1. The molecule has 1 N–H and O–H groups in total. The van der Waals surface area contributed by atoms with Crippen LogP contribution in [-0.4, -0.2) is 57.0 Å². The number of rotatable bonds is 5. The number of hydrogen-bond acceptors (Lipinski definition) is 4. The quantitative estimate of drug-likeness (QED) is 0.809. The zero-order valence-corrected chi connectivity index (χ0v) is 12.4. The Bertz CT molecular complexity index is 374. The third-order valence-corrected chi connectivity index (χ3v) is 5.46. The molecule has 4 nitrogen and oxygen atoms in total. The number of sulfone groups is 1. The van der Waals surface area contributed by atoms with Gasteiger partial charge in [0.2, 0.25) is 0 Å². The maximum atomic E-state index is 11.6. The highest BCUT2D eigenvalue weighted by Crippen LogP contribution is 2.23. The highest BCUT2D eigenvalue weighted by molar-refractivity contribution is 7.91. The largest absolute Gasteiger partial charge is 0.313 e. The van der Waals surface area contributed by atoms with Gasteiger partial charge in [-0.05, 0) is 31.2 Å². The summed E-state index contributed by atoms with van der Waals surface area (Å²) < 4.78 is 23.1. The molecule has 106 valence electrons. The van der Waals surface area contributed by atoms with Gasteiger partial charge in [0.15, 0.2) is 9.84 Å². The van der Waals surface area contributed by atoms with E-state index in [1.165, 1.54) is 12.8 Å². The molecular formula is C13H26N2O2S. The minimum Gasteiger partial charge on any atom is -0.313 e. The van der Waals surface area contributed by atoms with Crippen molar-refractivity contribution in [3.63, 3.8) is 0 Å². The zero-order valence-electron chi connectivity index (χ0n) is 11.6. The Morgan fingerprint density at radius 3 is 2.61 bits per heavy atom. The van der Waals surface area contributed by atoms with Gasteiger partial charge >= 0.3 is 0 Å². The first-order valence-electron chi connectivity index (χ1n) is 7.03. The van der Waals surface area contributed by atoms with Gasteiger partial charge in [0, 0.05) is 25.7 Å². The fraction of sp³-hybridized carbons (Fsp3) is 1.00. The molecule has 1 saturated carbocycles. The summed E-state index contributed by atoms with van der Waals surface area (Å²) in [7, 11) is -2.78. The maximum absolute atomic E-state index is 11.6. The molecule has 0 spiro atoms. The lowest BCUT2D eigenvalue weighted by Crippen LogP contribution is -2.42. The lowest BCUT2D eigenvalue weighted by Gasteiger charge is -2.32. The van der Waals surface area contributed by atoms with Crippen molar-refractivity contribution in [1.29, 1.82) is 0 Å². The van der Waals surface area contributed by atoms with Crippen LogP contribution in [0.1, 0.15) is 33.1 Å². The Kier molecular flexibility index (Phi) is 4.34. The van der Waals surface area contributed by atoms with E-state index in [-0.39, 0.29) is 5.41 Å². The van der Waals surface area contributed by atoms with Gasteiger partial charge in [-0.15, -0.1) is 0 Å². The molecule has 0 atom stereocenters. The molecular weight excluding hydrogens is 248 g/mol. The highest BCUT2D eigenvalue weighted by Gasteiger charge is 2.28. The predicted molar refractivity (Wildman–Crippen MR) is 74.5 cm³/mol. The topological polar surface area (TPSA) is 49.4 Å². The lowest BCUT2D eigenvalue weighted by molar-refractivity contribution is 0.184. The van der Waals surface area contributed by atoms with Crippen LogP contribution in [0.2, 0.25) is 0 Å². The van der Waals surface area contributed by atoms with Gasteiger partial charge in [0.1, 0.15) is 0 Å². The standard InChI is InChI=1S/C13H26N2O2S/c1-13(2,10-14-12-4-5-12)11-15-6-3-8-18(16,17)9-7-15/h12,14H,3-11H2,1-2H3. The normalized spacial score (nSPS) is 25.9. The van der Waals surface area contributed by atoms with E-state index in [1.807, 2.05) is 0 Å². The van der Waals surface area contributed by atoms with Gasteiger partial charge in [-0.25, -0.2) is 8.42 Å². The smallest absolute Gasteiger partial charge is 0.151 e. The van der Waals surface area contributed by atoms with Crippen LogP contribution >= 0.6 is 0 Å². The van der Waals surface area contributed by atoms with E-state index in [9.17, 15) is 8.42 Å². The first-order valence-corrected chi connectivity index (χ1v) is 8.85. The average Bonchev–Trinajstić information content (AvgIpc) is 3.06. The average molecular weight is 274 g/mol. The summed E-state index contributed by atoms with van der Waals surface area (Å²) in [6.07, 6.45) is 3.42. The molecule has 0 amide bonds. The fourth-order valence-electron chi connectivity index (χ4n) is 2.52. The Balaban J connectivity index is 1.79. The molecule has 2 rings (SSSR count). The van der Waals surface area contributed by atoms with Crippen molar-refractivity contribution < 1.29 is 8.42 Å². The van der Waals surface area contributed by atoms with E-state index in [2.05, 4.69) is 24.1 Å². The van der Waals surface area contributed by atoms with Crippen LogP contribution in [0.15, 0.2) is 0 Å². The van der Waals surface area contributed by atoms with Crippen molar-refractivity contribution in [3.8, 4) is 0 Å². The van der Waals surface area contributed by atoms with Crippen LogP contribution in [0, 0.1) is 5.41 Å². The Morgan fingerprint density at radius 1 is 1.22 bits per heavy atom. The zero-order chi connectivity index (χ0) is 13.2. The minimum absolute atomic E-state index is 0.219. The summed E-state index contributed by atoms with van der Waals surface area (Å²) in [5.41, 5.74) is 0.219. The summed E-state index contributed by atoms with van der Waals surface area (Å²) in [5.74, 6) is 0.698. The molecule has 1 aliphatic carbocycles. The van der Waals surface area contributed by atoms with Crippen LogP contribution in [-0.2, 0) is 9.84 Å². The van der Waals surface area contributed by atoms with Crippen molar-refractivity contribution in [1.82, 2.24) is 10.2 Å². The molecule has 2 fully saturated rings. The second kappa shape index (κ2) is 5.47. The Hall–Kier alpha value is -0.130. The van der Waals surface area contributed by atoms with Crippen LogP contribution in [0.4, 0.5) is 0 Å². The van der Waals surface area contributed by atoms with Gasteiger partial charge in [-0.3, -0.25) is 0 Å². The van der Waals surface area contributed by atoms with Gasteiger partial charge in [0.25, 0.3) is 0 Å². The van der Waals surface area contributed by atoms with E-state index in [0.29, 0.717) is 18.1 Å². The lowest BCUT2D eigenvalue weighted by atomic mass is 9.92. The van der Waals surface area contributed by atoms with Crippen molar-refractivity contribution in [2.75, 3.05) is 37.7 Å². The summed E-state index contributed by atoms with van der Waals surface area (Å²) in [4.78, 5) is 2.32. The van der Waals surface area contributed by atoms with Gasteiger partial charge < -0.3 is 10.2 Å². The van der Waals surface area contributed by atoms with Crippen molar-refractivity contribution in [2.45, 2.75) is 39.2 Å². The van der Waals surface area contributed by atoms with E-state index in [0.717, 1.165) is 32.1 Å². The van der Waals surface area contributed by atoms with E-state index in [1.54, 1.807) is 0 Å². The van der Waals surface area contributed by atoms with Crippen LogP contribution in [0.5, 0.6) is 0 Å². The number of nitrogens with one attached hydrogen (secondary N) is 1. The molecule has 0 radical (unpaired) electrons. The van der Waals surface area contributed by atoms with Crippen LogP contribution in [0.25, 0.3) is 0 Å². The third kappa shape index (κ3) is 4.86. The summed E-state index contributed by atoms with van der Waals surface area (Å²) >= 11 is 0. The Morgan fingerprint density at radius 2 is 1.94 bits per heavy atom. The monoisotopic (exact) mass is 274 g/mol. The minimum atomic E-state index is -2.78. The van der Waals surface area contributed by atoms with Gasteiger partial charge in [-0.1, -0.05) is 13.8 Å². The molecule has 0 aromatic carbocycles. The molecule has 18 heavy (non-hydrogen) atoms. The molecule has 1 heterocycles. The molecule has 0 unspecified atom stereocenters. The van der Waals surface area contributed by atoms with Crippen molar-refractivity contribution in [2.24, 2.45) is 5.41 Å².